The van der Waals surface area contributed by atoms with Gasteiger partial charge in [-0.25, -0.2) is 0 Å². The standard InChI is InChI=1S/C35H39N/c1-4-6-14-29(5-2)30-18-20-31(21-19-30)35(24-28-12-8-7-9-13-28)23-27(3)32-15-10-16-33(25-32)34-17-11-22-36-26-34/h5,7-8,10,12,14-21,23,25-26,35H,2,4,6,9,11,13,22,24H2,1,3H3/b27-23+,29-14+. The lowest BCUT2D eigenvalue weighted by Crippen LogP contribution is -2.01. The molecule has 0 aromatic heterocycles. The average molecular weight is 474 g/mol. The second-order valence-corrected chi connectivity index (χ2v) is 9.79. The molecule has 0 N–H and O–H groups in total. The van der Waals surface area contributed by atoms with Crippen LogP contribution < -0.4 is 0 Å². The second kappa shape index (κ2) is 13.0. The van der Waals surface area contributed by atoms with E-state index in [1.807, 2.05) is 12.3 Å². The fourth-order valence-electron chi connectivity index (χ4n) is 4.96. The van der Waals surface area contributed by atoms with Gasteiger partial charge < -0.3 is 0 Å². The zero-order valence-corrected chi connectivity index (χ0v) is 21.9. The van der Waals surface area contributed by atoms with Crippen molar-refractivity contribution in [3.63, 3.8) is 0 Å². The van der Waals surface area contributed by atoms with E-state index in [0.717, 1.165) is 45.1 Å². The number of unbranched alkanes of at least 4 members (excludes halogenated alkanes) is 1. The highest BCUT2D eigenvalue weighted by Crippen LogP contribution is 2.33. The van der Waals surface area contributed by atoms with Crippen molar-refractivity contribution in [1.82, 2.24) is 0 Å². The van der Waals surface area contributed by atoms with Crippen LogP contribution in [-0.4, -0.2) is 12.8 Å². The van der Waals surface area contributed by atoms with E-state index in [9.17, 15) is 0 Å². The zero-order valence-electron chi connectivity index (χ0n) is 21.9. The summed E-state index contributed by atoms with van der Waals surface area (Å²) >= 11 is 0. The number of dihydropyridines is 1. The molecule has 1 atom stereocenters. The highest BCUT2D eigenvalue weighted by molar-refractivity contribution is 6.10. The summed E-state index contributed by atoms with van der Waals surface area (Å²) in [5.41, 5.74) is 10.5. The van der Waals surface area contributed by atoms with Crippen molar-refractivity contribution >= 4 is 22.9 Å². The Hall–Kier alpha value is -3.45. The van der Waals surface area contributed by atoms with Gasteiger partial charge in [0.15, 0.2) is 0 Å². The molecule has 4 rings (SSSR count). The molecule has 0 amide bonds. The minimum Gasteiger partial charge on any atom is -0.292 e. The van der Waals surface area contributed by atoms with E-state index >= 15 is 0 Å². The largest absolute Gasteiger partial charge is 0.292 e. The Labute approximate surface area is 218 Å². The lowest BCUT2D eigenvalue weighted by molar-refractivity contribution is 0.772. The number of hydrogen-bond acceptors (Lipinski definition) is 1. The van der Waals surface area contributed by atoms with Crippen LogP contribution in [-0.2, 0) is 0 Å². The first kappa shape index (κ1) is 25.6. The van der Waals surface area contributed by atoms with Crippen LogP contribution in [0.2, 0.25) is 0 Å². The molecule has 36 heavy (non-hydrogen) atoms. The summed E-state index contributed by atoms with van der Waals surface area (Å²) in [5.74, 6) is 0.336. The molecule has 2 aliphatic rings. The molecule has 1 unspecified atom stereocenters. The van der Waals surface area contributed by atoms with Crippen molar-refractivity contribution in [3.05, 3.63) is 125 Å². The Morgan fingerprint density at radius 1 is 1.08 bits per heavy atom. The third-order valence-electron chi connectivity index (χ3n) is 7.08. The molecule has 2 aromatic rings. The van der Waals surface area contributed by atoms with Crippen molar-refractivity contribution in [1.29, 1.82) is 0 Å². The normalized spacial score (nSPS) is 16.9. The first-order valence-corrected chi connectivity index (χ1v) is 13.4. The fraction of sp³-hybridized carbons (Fsp3) is 0.286. The van der Waals surface area contributed by atoms with Crippen molar-refractivity contribution in [3.8, 4) is 0 Å². The van der Waals surface area contributed by atoms with Crippen LogP contribution in [0, 0.1) is 0 Å². The van der Waals surface area contributed by atoms with E-state index in [4.69, 9.17) is 0 Å². The van der Waals surface area contributed by atoms with Crippen LogP contribution in [0.4, 0.5) is 0 Å². The molecule has 1 aliphatic heterocycles. The van der Waals surface area contributed by atoms with Crippen molar-refractivity contribution in [2.45, 2.75) is 58.3 Å². The predicted molar refractivity (Wildman–Crippen MR) is 159 cm³/mol. The highest BCUT2D eigenvalue weighted by Gasteiger charge is 2.14. The number of rotatable bonds is 10. The molecule has 0 fully saturated rings. The maximum atomic E-state index is 4.47. The average Bonchev–Trinajstić information content (AvgIpc) is 2.94. The summed E-state index contributed by atoms with van der Waals surface area (Å²) in [6.45, 7) is 9.40. The molecule has 0 saturated heterocycles. The smallest absolute Gasteiger partial charge is 0.0424 e. The van der Waals surface area contributed by atoms with E-state index in [1.54, 1.807) is 0 Å². The summed E-state index contributed by atoms with van der Waals surface area (Å²) in [4.78, 5) is 4.47. The van der Waals surface area contributed by atoms with Gasteiger partial charge in [0.05, 0.1) is 0 Å². The molecule has 0 saturated carbocycles. The SMILES string of the molecule is C=C/C(=C\CCC)c1ccc(C(/C=C(\C)c2cccc(C3=CCCN=C3)c2)CC2=CC=CCC2)cc1. The van der Waals surface area contributed by atoms with Gasteiger partial charge in [-0.1, -0.05) is 110 Å². The molecule has 0 spiro atoms. The summed E-state index contributed by atoms with van der Waals surface area (Å²) in [5, 5.41) is 0. The van der Waals surface area contributed by atoms with E-state index in [2.05, 4.69) is 110 Å². The molecule has 1 aliphatic carbocycles. The Morgan fingerprint density at radius 2 is 1.94 bits per heavy atom. The van der Waals surface area contributed by atoms with E-state index in [0.29, 0.717) is 5.92 Å². The van der Waals surface area contributed by atoms with Crippen molar-refractivity contribution < 1.29 is 0 Å². The number of allylic oxidation sites excluding steroid dienone is 10. The quantitative estimate of drug-likeness (QED) is 0.304. The van der Waals surface area contributed by atoms with Gasteiger partial charge in [-0.3, -0.25) is 4.99 Å². The maximum absolute atomic E-state index is 4.47. The van der Waals surface area contributed by atoms with Crippen molar-refractivity contribution in [2.75, 3.05) is 6.54 Å². The van der Waals surface area contributed by atoms with Crippen LogP contribution in [0.5, 0.6) is 0 Å². The van der Waals surface area contributed by atoms with Gasteiger partial charge in [-0.05, 0) is 84.1 Å². The van der Waals surface area contributed by atoms with Crippen LogP contribution in [0.3, 0.4) is 0 Å². The Morgan fingerprint density at radius 3 is 2.64 bits per heavy atom. The van der Waals surface area contributed by atoms with Gasteiger partial charge in [-0.2, -0.15) is 0 Å². The maximum Gasteiger partial charge on any atom is 0.0424 e. The van der Waals surface area contributed by atoms with Crippen LogP contribution >= 0.6 is 0 Å². The fourth-order valence-corrected chi connectivity index (χ4v) is 4.96. The minimum absolute atomic E-state index is 0.336. The Kier molecular flexibility index (Phi) is 9.27. The zero-order chi connectivity index (χ0) is 25.2. The monoisotopic (exact) mass is 473 g/mol. The summed E-state index contributed by atoms with van der Waals surface area (Å²) in [6, 6.07) is 18.1. The molecule has 0 bridgehead atoms. The minimum atomic E-state index is 0.336. The van der Waals surface area contributed by atoms with Crippen LogP contribution in [0.25, 0.3) is 16.7 Å². The van der Waals surface area contributed by atoms with Gasteiger partial charge in [0.2, 0.25) is 0 Å². The van der Waals surface area contributed by atoms with E-state index < -0.39 is 0 Å². The van der Waals surface area contributed by atoms with Gasteiger partial charge in [0, 0.05) is 18.7 Å². The van der Waals surface area contributed by atoms with Crippen LogP contribution in [0.15, 0.2) is 108 Å². The molecule has 184 valence electrons. The number of nitrogens with zero attached hydrogens (tertiary/aromatic N) is 1. The first-order chi connectivity index (χ1) is 17.7. The topological polar surface area (TPSA) is 12.4 Å². The number of aliphatic imine (C=N–C) groups is 1. The molecule has 1 nitrogen and oxygen atoms in total. The summed E-state index contributed by atoms with van der Waals surface area (Å²) < 4.78 is 0. The lowest BCUT2D eigenvalue weighted by Gasteiger charge is -2.19. The predicted octanol–water partition coefficient (Wildman–Crippen LogP) is 9.77. The van der Waals surface area contributed by atoms with Crippen molar-refractivity contribution in [2.24, 2.45) is 4.99 Å². The van der Waals surface area contributed by atoms with Gasteiger partial charge in [0.25, 0.3) is 0 Å². The highest BCUT2D eigenvalue weighted by atomic mass is 14.7. The third-order valence-corrected chi connectivity index (χ3v) is 7.08. The molecule has 2 aromatic carbocycles. The van der Waals surface area contributed by atoms with Crippen LogP contribution in [0.1, 0.15) is 80.5 Å². The molecule has 0 radical (unpaired) electrons. The summed E-state index contributed by atoms with van der Waals surface area (Å²) in [6.07, 6.45) is 24.4. The van der Waals surface area contributed by atoms with Gasteiger partial charge >= 0.3 is 0 Å². The Bertz CT molecular complexity index is 1230. The van der Waals surface area contributed by atoms with E-state index in [-0.39, 0.29) is 0 Å². The third kappa shape index (κ3) is 6.82. The molecular weight excluding hydrogens is 434 g/mol. The molecule has 1 heteroatoms. The summed E-state index contributed by atoms with van der Waals surface area (Å²) in [7, 11) is 0. The number of hydrogen-bond donors (Lipinski definition) is 0. The Balaban J connectivity index is 1.64. The molecular formula is C35H39N. The first-order valence-electron chi connectivity index (χ1n) is 13.4. The number of benzene rings is 2. The lowest BCUT2D eigenvalue weighted by atomic mass is 9.86. The van der Waals surface area contributed by atoms with Gasteiger partial charge in [0.1, 0.15) is 0 Å². The van der Waals surface area contributed by atoms with E-state index in [1.165, 1.54) is 44.5 Å². The second-order valence-electron chi connectivity index (χ2n) is 9.79. The molecule has 1 heterocycles. The van der Waals surface area contributed by atoms with Gasteiger partial charge in [-0.15, -0.1) is 0 Å².